The molecular weight excluding hydrogens is 170 g/mol. The number of hydroxylamine groups is 1. The smallest absolute Gasteiger partial charge is 0.288 e. The van der Waals surface area contributed by atoms with Crippen LogP contribution >= 0.6 is 11.6 Å². The predicted molar refractivity (Wildman–Crippen MR) is 37.5 cm³/mol. The van der Waals surface area contributed by atoms with Crippen LogP contribution in [0.2, 0.25) is 5.15 Å². The van der Waals surface area contributed by atoms with Gasteiger partial charge in [0, 0.05) is 13.1 Å². The molecule has 0 unspecified atom stereocenters. The molecule has 0 saturated heterocycles. The summed E-state index contributed by atoms with van der Waals surface area (Å²) in [7, 11) is 1.55. The number of carbonyl (C=O) groups excluding carboxylic acids is 1. The van der Waals surface area contributed by atoms with Gasteiger partial charge in [0.05, 0.1) is 0 Å². The minimum absolute atomic E-state index is 0.206. The van der Waals surface area contributed by atoms with Crippen LogP contribution in [-0.2, 0) is 7.05 Å². The Hall–Kier alpha value is -1.07. The van der Waals surface area contributed by atoms with Crippen LogP contribution in [0, 0.1) is 0 Å². The lowest BCUT2D eigenvalue weighted by Crippen LogP contribution is -2.21. The number of halogens is 1. The Labute approximate surface area is 67.5 Å². The fraction of sp³-hybridized carbons (Fsp3) is 0.200. The van der Waals surface area contributed by atoms with Gasteiger partial charge in [-0.15, -0.1) is 0 Å². The quantitative estimate of drug-likeness (QED) is 0.473. The monoisotopic (exact) mass is 175 g/mol. The lowest BCUT2D eigenvalue weighted by atomic mass is 10.4. The molecule has 1 rings (SSSR count). The zero-order valence-corrected chi connectivity index (χ0v) is 6.46. The number of nitrogens with zero attached hydrogens (tertiary/aromatic N) is 2. The van der Waals surface area contributed by atoms with E-state index in [1.54, 1.807) is 7.05 Å². The SMILES string of the molecule is Cn1nc(Cl)cc1C(=O)NO. The Kier molecular flexibility index (Phi) is 2.11. The van der Waals surface area contributed by atoms with Gasteiger partial charge in [-0.25, -0.2) is 5.48 Å². The van der Waals surface area contributed by atoms with Crippen molar-refractivity contribution >= 4 is 17.5 Å². The molecule has 1 aromatic rings. The van der Waals surface area contributed by atoms with E-state index in [0.29, 0.717) is 0 Å². The van der Waals surface area contributed by atoms with Crippen molar-refractivity contribution in [2.75, 3.05) is 0 Å². The normalized spacial score (nSPS) is 9.73. The van der Waals surface area contributed by atoms with Gasteiger partial charge in [-0.2, -0.15) is 5.10 Å². The highest BCUT2D eigenvalue weighted by molar-refractivity contribution is 6.29. The molecule has 0 saturated carbocycles. The van der Waals surface area contributed by atoms with Gasteiger partial charge >= 0.3 is 0 Å². The third-order valence-corrected chi connectivity index (χ3v) is 1.37. The summed E-state index contributed by atoms with van der Waals surface area (Å²) in [6, 6.07) is 1.35. The van der Waals surface area contributed by atoms with Crippen molar-refractivity contribution in [2.45, 2.75) is 0 Å². The molecule has 0 aromatic carbocycles. The summed E-state index contributed by atoms with van der Waals surface area (Å²) in [6.07, 6.45) is 0. The van der Waals surface area contributed by atoms with Crippen LogP contribution in [0.5, 0.6) is 0 Å². The Bertz CT molecular complexity index is 283. The molecule has 0 atom stereocenters. The van der Waals surface area contributed by atoms with E-state index < -0.39 is 5.91 Å². The van der Waals surface area contributed by atoms with E-state index >= 15 is 0 Å². The van der Waals surface area contributed by atoms with Crippen LogP contribution in [0.25, 0.3) is 0 Å². The van der Waals surface area contributed by atoms with E-state index in [2.05, 4.69) is 5.10 Å². The number of amides is 1. The summed E-state index contributed by atoms with van der Waals surface area (Å²) in [5, 5.41) is 12.1. The topological polar surface area (TPSA) is 67.2 Å². The maximum absolute atomic E-state index is 10.8. The maximum atomic E-state index is 10.8. The van der Waals surface area contributed by atoms with Crippen LogP contribution in [0.3, 0.4) is 0 Å². The van der Waals surface area contributed by atoms with Crippen LogP contribution in [-0.4, -0.2) is 20.9 Å². The molecule has 60 valence electrons. The lowest BCUT2D eigenvalue weighted by Gasteiger charge is -1.96. The van der Waals surface area contributed by atoms with Gasteiger partial charge in [0.1, 0.15) is 5.69 Å². The average molecular weight is 176 g/mol. The number of hydrogen-bond acceptors (Lipinski definition) is 3. The van der Waals surface area contributed by atoms with E-state index in [1.165, 1.54) is 16.2 Å². The molecule has 0 radical (unpaired) electrons. The number of carbonyl (C=O) groups is 1. The van der Waals surface area contributed by atoms with Crippen LogP contribution < -0.4 is 5.48 Å². The van der Waals surface area contributed by atoms with E-state index in [-0.39, 0.29) is 10.8 Å². The lowest BCUT2D eigenvalue weighted by molar-refractivity contribution is 0.0696. The first-order chi connectivity index (χ1) is 5.15. The van der Waals surface area contributed by atoms with Crippen molar-refractivity contribution in [3.63, 3.8) is 0 Å². The van der Waals surface area contributed by atoms with E-state index in [1.807, 2.05) is 0 Å². The van der Waals surface area contributed by atoms with Gasteiger partial charge in [0.2, 0.25) is 0 Å². The molecule has 0 aliphatic rings. The highest BCUT2D eigenvalue weighted by Gasteiger charge is 2.10. The second-order valence-electron chi connectivity index (χ2n) is 1.92. The molecule has 0 fully saturated rings. The summed E-state index contributed by atoms with van der Waals surface area (Å²) < 4.78 is 1.27. The number of aromatic nitrogens is 2. The first kappa shape index (κ1) is 8.03. The van der Waals surface area contributed by atoms with Crippen molar-refractivity contribution < 1.29 is 10.0 Å². The Balaban J connectivity index is 3.03. The fourth-order valence-electron chi connectivity index (χ4n) is 0.702. The van der Waals surface area contributed by atoms with E-state index in [0.717, 1.165) is 0 Å². The summed E-state index contributed by atoms with van der Waals surface area (Å²) in [4.78, 5) is 10.8. The van der Waals surface area contributed by atoms with Gasteiger partial charge in [0.15, 0.2) is 5.15 Å². The van der Waals surface area contributed by atoms with Crippen LogP contribution in [0.4, 0.5) is 0 Å². The van der Waals surface area contributed by atoms with E-state index in [4.69, 9.17) is 16.8 Å². The van der Waals surface area contributed by atoms with Crippen molar-refractivity contribution in [1.82, 2.24) is 15.3 Å². The Morgan fingerprint density at radius 1 is 1.91 bits per heavy atom. The zero-order valence-electron chi connectivity index (χ0n) is 5.71. The largest absolute Gasteiger partial charge is 0.292 e. The standard InChI is InChI=1S/C5H6ClN3O2/c1-9-3(5(10)8-11)2-4(6)7-9/h2,11H,1H3,(H,8,10). The number of nitrogens with one attached hydrogen (secondary N) is 1. The molecule has 5 nitrogen and oxygen atoms in total. The highest BCUT2D eigenvalue weighted by atomic mass is 35.5. The van der Waals surface area contributed by atoms with Gasteiger partial charge in [-0.3, -0.25) is 14.7 Å². The molecule has 0 aliphatic carbocycles. The molecule has 11 heavy (non-hydrogen) atoms. The fourth-order valence-corrected chi connectivity index (χ4v) is 0.919. The third kappa shape index (κ3) is 1.50. The Morgan fingerprint density at radius 2 is 2.55 bits per heavy atom. The van der Waals surface area contributed by atoms with Gasteiger partial charge in [0.25, 0.3) is 5.91 Å². The van der Waals surface area contributed by atoms with E-state index in [9.17, 15) is 4.79 Å². The number of rotatable bonds is 1. The molecule has 1 aromatic heterocycles. The minimum atomic E-state index is -0.632. The summed E-state index contributed by atoms with van der Waals surface area (Å²) in [5.41, 5.74) is 1.68. The van der Waals surface area contributed by atoms with Crippen molar-refractivity contribution in [3.05, 3.63) is 16.9 Å². The van der Waals surface area contributed by atoms with Crippen molar-refractivity contribution in [1.29, 1.82) is 0 Å². The molecule has 0 aliphatic heterocycles. The average Bonchev–Trinajstić information content (AvgIpc) is 2.28. The summed E-state index contributed by atoms with van der Waals surface area (Å²) in [5.74, 6) is -0.632. The summed E-state index contributed by atoms with van der Waals surface area (Å²) >= 11 is 5.47. The second-order valence-corrected chi connectivity index (χ2v) is 2.30. The van der Waals surface area contributed by atoms with Gasteiger partial charge in [-0.1, -0.05) is 11.6 Å². The zero-order chi connectivity index (χ0) is 8.43. The van der Waals surface area contributed by atoms with Crippen LogP contribution in [0.15, 0.2) is 6.07 Å². The molecule has 2 N–H and O–H groups in total. The number of aryl methyl sites for hydroxylation is 1. The van der Waals surface area contributed by atoms with Crippen molar-refractivity contribution in [3.8, 4) is 0 Å². The highest BCUT2D eigenvalue weighted by Crippen LogP contribution is 2.07. The molecule has 6 heteroatoms. The van der Waals surface area contributed by atoms with Crippen LogP contribution in [0.1, 0.15) is 10.5 Å². The summed E-state index contributed by atoms with van der Waals surface area (Å²) in [6.45, 7) is 0. The second kappa shape index (κ2) is 2.89. The predicted octanol–water partition coefficient (Wildman–Crippen LogP) is 0.193. The van der Waals surface area contributed by atoms with Gasteiger partial charge < -0.3 is 0 Å². The minimum Gasteiger partial charge on any atom is -0.288 e. The third-order valence-electron chi connectivity index (χ3n) is 1.18. The molecular formula is C5H6ClN3O2. The first-order valence-corrected chi connectivity index (χ1v) is 3.17. The maximum Gasteiger partial charge on any atom is 0.292 e. The van der Waals surface area contributed by atoms with Gasteiger partial charge in [-0.05, 0) is 0 Å². The molecule has 0 bridgehead atoms. The molecule has 1 amide bonds. The molecule has 0 spiro atoms. The number of hydrogen-bond donors (Lipinski definition) is 2. The molecule has 1 heterocycles. The first-order valence-electron chi connectivity index (χ1n) is 2.79. The van der Waals surface area contributed by atoms with Crippen molar-refractivity contribution in [2.24, 2.45) is 7.05 Å². The Morgan fingerprint density at radius 3 is 2.91 bits per heavy atom.